The molecule has 0 fully saturated rings. The first-order valence-electron chi connectivity index (χ1n) is 8.90. The molecule has 0 amide bonds. The summed E-state index contributed by atoms with van der Waals surface area (Å²) < 4.78 is 12.7. The van der Waals surface area contributed by atoms with Gasteiger partial charge in [0.25, 0.3) is 5.78 Å². The lowest BCUT2D eigenvalue weighted by atomic mass is 10.2. The Morgan fingerprint density at radius 1 is 1.10 bits per heavy atom. The number of nitriles is 1. The third-order valence-corrected chi connectivity index (χ3v) is 4.28. The SMILES string of the molecule is COCc1cc(Nc2ccc(Oc3ccc(C#N)cc3)cc2C)n2ncnc2n1. The highest BCUT2D eigenvalue weighted by molar-refractivity contribution is 5.63. The summed E-state index contributed by atoms with van der Waals surface area (Å²) in [4.78, 5) is 8.57. The third-order valence-electron chi connectivity index (χ3n) is 4.28. The van der Waals surface area contributed by atoms with Crippen molar-refractivity contribution in [1.82, 2.24) is 19.6 Å². The molecule has 4 rings (SSSR count). The minimum atomic E-state index is 0.383. The molecule has 1 N–H and O–H groups in total. The smallest absolute Gasteiger partial charge is 0.254 e. The average molecular weight is 386 g/mol. The van der Waals surface area contributed by atoms with E-state index >= 15 is 0 Å². The van der Waals surface area contributed by atoms with Crippen LogP contribution in [-0.2, 0) is 11.3 Å². The van der Waals surface area contributed by atoms with Crippen LogP contribution in [0.2, 0.25) is 0 Å². The van der Waals surface area contributed by atoms with E-state index in [0.717, 1.165) is 22.8 Å². The van der Waals surface area contributed by atoms with E-state index in [1.807, 2.05) is 31.2 Å². The predicted octanol–water partition coefficient (Wildman–Crippen LogP) is 3.99. The monoisotopic (exact) mass is 386 g/mol. The molecule has 29 heavy (non-hydrogen) atoms. The number of nitrogens with one attached hydrogen (secondary N) is 1. The number of aromatic nitrogens is 4. The van der Waals surface area contributed by atoms with Gasteiger partial charge in [0.15, 0.2) is 0 Å². The zero-order chi connectivity index (χ0) is 20.2. The molecule has 0 unspecified atom stereocenters. The molecule has 8 nitrogen and oxygen atoms in total. The van der Waals surface area contributed by atoms with Gasteiger partial charge in [-0.25, -0.2) is 4.98 Å². The second-order valence-corrected chi connectivity index (χ2v) is 6.38. The van der Waals surface area contributed by atoms with Crippen LogP contribution in [0.3, 0.4) is 0 Å². The number of hydrogen-bond donors (Lipinski definition) is 1. The molecule has 0 saturated carbocycles. The molecular weight excluding hydrogens is 368 g/mol. The molecule has 0 aliphatic carbocycles. The van der Waals surface area contributed by atoms with Crippen molar-refractivity contribution < 1.29 is 9.47 Å². The second kappa shape index (κ2) is 7.96. The van der Waals surface area contributed by atoms with Crippen molar-refractivity contribution in [3.63, 3.8) is 0 Å². The highest BCUT2D eigenvalue weighted by Crippen LogP contribution is 2.28. The van der Waals surface area contributed by atoms with Gasteiger partial charge in [-0.05, 0) is 55.0 Å². The van der Waals surface area contributed by atoms with Gasteiger partial charge in [-0.3, -0.25) is 0 Å². The second-order valence-electron chi connectivity index (χ2n) is 6.38. The summed E-state index contributed by atoms with van der Waals surface area (Å²) >= 11 is 0. The Hall–Kier alpha value is -3.96. The zero-order valence-corrected chi connectivity index (χ0v) is 16.0. The van der Waals surface area contributed by atoms with Gasteiger partial charge in [-0.1, -0.05) is 0 Å². The maximum absolute atomic E-state index is 8.89. The van der Waals surface area contributed by atoms with Crippen molar-refractivity contribution in [2.45, 2.75) is 13.5 Å². The molecule has 0 aliphatic heterocycles. The van der Waals surface area contributed by atoms with E-state index in [1.54, 1.807) is 35.9 Å². The number of benzene rings is 2. The summed E-state index contributed by atoms with van der Waals surface area (Å²) in [7, 11) is 1.62. The first kappa shape index (κ1) is 18.4. The van der Waals surface area contributed by atoms with E-state index in [0.29, 0.717) is 29.4 Å². The maximum Gasteiger partial charge on any atom is 0.254 e. The van der Waals surface area contributed by atoms with E-state index in [1.165, 1.54) is 6.33 Å². The zero-order valence-electron chi connectivity index (χ0n) is 16.0. The van der Waals surface area contributed by atoms with Crippen LogP contribution >= 0.6 is 0 Å². The fourth-order valence-corrected chi connectivity index (χ4v) is 2.88. The van der Waals surface area contributed by atoms with Crippen molar-refractivity contribution in [2.24, 2.45) is 0 Å². The molecule has 2 aromatic carbocycles. The number of rotatable bonds is 6. The Labute approximate surface area is 167 Å². The van der Waals surface area contributed by atoms with E-state index < -0.39 is 0 Å². The summed E-state index contributed by atoms with van der Waals surface area (Å²) in [5.74, 6) is 2.62. The lowest BCUT2D eigenvalue weighted by Gasteiger charge is -2.13. The van der Waals surface area contributed by atoms with Crippen LogP contribution in [0, 0.1) is 18.3 Å². The molecular formula is C21H18N6O2. The highest BCUT2D eigenvalue weighted by atomic mass is 16.5. The van der Waals surface area contributed by atoms with Crippen LogP contribution in [-0.4, -0.2) is 26.7 Å². The Morgan fingerprint density at radius 2 is 1.90 bits per heavy atom. The van der Waals surface area contributed by atoms with E-state index in [4.69, 9.17) is 14.7 Å². The molecule has 0 spiro atoms. The van der Waals surface area contributed by atoms with Gasteiger partial charge in [-0.15, -0.1) is 0 Å². The number of ether oxygens (including phenoxy) is 2. The van der Waals surface area contributed by atoms with Gasteiger partial charge in [0.1, 0.15) is 23.6 Å². The van der Waals surface area contributed by atoms with Gasteiger partial charge in [0.05, 0.1) is 23.9 Å². The van der Waals surface area contributed by atoms with E-state index in [-0.39, 0.29) is 0 Å². The minimum absolute atomic E-state index is 0.383. The van der Waals surface area contributed by atoms with Crippen LogP contribution < -0.4 is 10.1 Å². The molecule has 0 bridgehead atoms. The molecule has 2 aromatic heterocycles. The van der Waals surface area contributed by atoms with Crippen molar-refractivity contribution in [3.8, 4) is 17.6 Å². The number of nitrogens with zero attached hydrogens (tertiary/aromatic N) is 5. The van der Waals surface area contributed by atoms with Gasteiger partial charge in [0.2, 0.25) is 0 Å². The summed E-state index contributed by atoms with van der Waals surface area (Å²) in [6, 6.07) is 16.7. The predicted molar refractivity (Wildman–Crippen MR) is 107 cm³/mol. The molecule has 4 aromatic rings. The minimum Gasteiger partial charge on any atom is -0.457 e. The summed E-state index contributed by atoms with van der Waals surface area (Å²) in [5, 5.41) is 16.5. The van der Waals surface area contributed by atoms with Gasteiger partial charge < -0.3 is 14.8 Å². The van der Waals surface area contributed by atoms with Crippen LogP contribution in [0.5, 0.6) is 11.5 Å². The molecule has 0 atom stereocenters. The van der Waals surface area contributed by atoms with Gasteiger partial charge in [-0.2, -0.15) is 19.9 Å². The van der Waals surface area contributed by atoms with Crippen molar-refractivity contribution in [2.75, 3.05) is 12.4 Å². The summed E-state index contributed by atoms with van der Waals surface area (Å²) in [6.07, 6.45) is 1.46. The quantitative estimate of drug-likeness (QED) is 0.535. The molecule has 0 aliphatic rings. The van der Waals surface area contributed by atoms with Crippen LogP contribution in [0.25, 0.3) is 5.78 Å². The lowest BCUT2D eigenvalue weighted by Crippen LogP contribution is -2.05. The number of fused-ring (bicyclic) bond motifs is 1. The topological polar surface area (TPSA) is 97.4 Å². The van der Waals surface area contributed by atoms with Gasteiger partial charge in [0, 0.05) is 18.9 Å². The fraction of sp³-hybridized carbons (Fsp3) is 0.143. The van der Waals surface area contributed by atoms with Crippen molar-refractivity contribution >= 4 is 17.3 Å². The number of hydrogen-bond acceptors (Lipinski definition) is 7. The highest BCUT2D eigenvalue weighted by Gasteiger charge is 2.10. The van der Waals surface area contributed by atoms with E-state index in [2.05, 4.69) is 26.5 Å². The van der Waals surface area contributed by atoms with Gasteiger partial charge >= 0.3 is 0 Å². The molecule has 8 heteroatoms. The Bertz CT molecular complexity index is 1190. The van der Waals surface area contributed by atoms with Crippen molar-refractivity contribution in [3.05, 3.63) is 71.7 Å². The standard InChI is InChI=1S/C21H18N6O2/c1-14-9-18(29-17-5-3-15(11-22)4-6-17)7-8-19(14)26-20-10-16(12-28-2)25-21-23-13-24-27(20)21/h3-10,13,26H,12H2,1-2H3. The van der Waals surface area contributed by atoms with Crippen LogP contribution in [0.4, 0.5) is 11.5 Å². The Kier molecular flexibility index (Phi) is 5.05. The summed E-state index contributed by atoms with van der Waals surface area (Å²) in [5.41, 5.74) is 3.25. The van der Waals surface area contributed by atoms with E-state index in [9.17, 15) is 0 Å². The first-order chi connectivity index (χ1) is 14.2. The van der Waals surface area contributed by atoms with Crippen LogP contribution in [0.15, 0.2) is 54.9 Å². The van der Waals surface area contributed by atoms with Crippen LogP contribution in [0.1, 0.15) is 16.8 Å². The Balaban J connectivity index is 1.58. The number of aryl methyl sites for hydroxylation is 1. The molecule has 0 saturated heterocycles. The molecule has 144 valence electrons. The fourth-order valence-electron chi connectivity index (χ4n) is 2.88. The molecule has 0 radical (unpaired) electrons. The molecule has 2 heterocycles. The normalized spacial score (nSPS) is 10.7. The number of methoxy groups -OCH3 is 1. The number of anilines is 2. The maximum atomic E-state index is 8.89. The first-order valence-corrected chi connectivity index (χ1v) is 8.90. The largest absolute Gasteiger partial charge is 0.457 e. The summed E-state index contributed by atoms with van der Waals surface area (Å²) in [6.45, 7) is 2.37. The average Bonchev–Trinajstić information content (AvgIpc) is 3.20. The van der Waals surface area contributed by atoms with Crippen molar-refractivity contribution in [1.29, 1.82) is 5.26 Å². The third kappa shape index (κ3) is 4.00. The lowest BCUT2D eigenvalue weighted by molar-refractivity contribution is 0.181. The Morgan fingerprint density at radius 3 is 2.62 bits per heavy atom.